The van der Waals surface area contributed by atoms with Gasteiger partial charge in [0.1, 0.15) is 6.33 Å². The molecule has 2 heterocycles. The highest BCUT2D eigenvalue weighted by molar-refractivity contribution is 5.38. The highest BCUT2D eigenvalue weighted by atomic mass is 15.3. The van der Waals surface area contributed by atoms with Gasteiger partial charge in [0.2, 0.25) is 17.8 Å². The molecule has 7 nitrogen and oxygen atoms in total. The summed E-state index contributed by atoms with van der Waals surface area (Å²) in [5.41, 5.74) is 0.195. The van der Waals surface area contributed by atoms with Crippen molar-refractivity contribution in [1.82, 2.24) is 24.5 Å². The van der Waals surface area contributed by atoms with Gasteiger partial charge in [-0.25, -0.2) is 4.98 Å². The summed E-state index contributed by atoms with van der Waals surface area (Å²) >= 11 is 0. The third kappa shape index (κ3) is 4.14. The zero-order chi connectivity index (χ0) is 15.3. The van der Waals surface area contributed by atoms with Gasteiger partial charge in [-0.15, -0.1) is 0 Å². The van der Waals surface area contributed by atoms with Crippen molar-refractivity contribution in [2.45, 2.75) is 34.1 Å². The second-order valence-electron chi connectivity index (χ2n) is 5.65. The fourth-order valence-electron chi connectivity index (χ4n) is 1.62. The van der Waals surface area contributed by atoms with Gasteiger partial charge >= 0.3 is 0 Å². The van der Waals surface area contributed by atoms with Crippen molar-refractivity contribution in [3.63, 3.8) is 0 Å². The summed E-state index contributed by atoms with van der Waals surface area (Å²) in [6, 6.07) is 0. The predicted octanol–water partition coefficient (Wildman–Crippen LogP) is 2.34. The minimum Gasteiger partial charge on any atom is -0.354 e. The van der Waals surface area contributed by atoms with Crippen LogP contribution in [-0.2, 0) is 0 Å². The molecule has 7 heteroatoms. The first kappa shape index (κ1) is 15.2. The Bertz CT molecular complexity index is 563. The first-order chi connectivity index (χ1) is 10.0. The van der Waals surface area contributed by atoms with Crippen LogP contribution in [0.2, 0.25) is 0 Å². The van der Waals surface area contributed by atoms with Crippen LogP contribution in [0.5, 0.6) is 0 Å². The fourth-order valence-corrected chi connectivity index (χ4v) is 1.62. The lowest BCUT2D eigenvalue weighted by atomic mass is 9.90. The molecular weight excluding hydrogens is 266 g/mol. The quantitative estimate of drug-likeness (QED) is 0.814. The third-order valence-corrected chi connectivity index (χ3v) is 3.38. The maximum Gasteiger partial charge on any atom is 0.241 e. The molecule has 0 unspecified atom stereocenters. The highest BCUT2D eigenvalue weighted by Gasteiger charge is 2.16. The van der Waals surface area contributed by atoms with Crippen LogP contribution < -0.4 is 10.6 Å². The van der Waals surface area contributed by atoms with Crippen LogP contribution in [0, 0.1) is 5.41 Å². The van der Waals surface area contributed by atoms with E-state index in [0.717, 1.165) is 19.5 Å². The van der Waals surface area contributed by atoms with E-state index in [0.29, 0.717) is 17.8 Å². The number of aromatic nitrogens is 5. The Kier molecular flexibility index (Phi) is 4.72. The van der Waals surface area contributed by atoms with Crippen molar-refractivity contribution in [2.75, 3.05) is 23.7 Å². The summed E-state index contributed by atoms with van der Waals surface area (Å²) in [5.74, 6) is 1.69. The van der Waals surface area contributed by atoms with E-state index < -0.39 is 0 Å². The smallest absolute Gasteiger partial charge is 0.241 e. The number of hydrogen-bond donors (Lipinski definition) is 2. The molecule has 2 aromatic rings. The molecular formula is C14H23N7. The first-order valence-electron chi connectivity index (χ1n) is 7.26. The van der Waals surface area contributed by atoms with E-state index in [1.807, 2.05) is 13.1 Å². The molecule has 0 saturated carbocycles. The van der Waals surface area contributed by atoms with Crippen molar-refractivity contribution in [3.05, 3.63) is 18.7 Å². The van der Waals surface area contributed by atoms with Crippen LogP contribution in [0.15, 0.2) is 18.7 Å². The highest BCUT2D eigenvalue weighted by Crippen LogP contribution is 2.20. The number of hydrogen-bond acceptors (Lipinski definition) is 6. The van der Waals surface area contributed by atoms with E-state index in [1.165, 1.54) is 0 Å². The van der Waals surface area contributed by atoms with Crippen LogP contribution in [-0.4, -0.2) is 37.6 Å². The summed E-state index contributed by atoms with van der Waals surface area (Å²) in [5, 5.41) is 6.43. The number of rotatable bonds is 7. The van der Waals surface area contributed by atoms with E-state index in [2.05, 4.69) is 51.3 Å². The largest absolute Gasteiger partial charge is 0.354 e. The maximum atomic E-state index is 4.45. The van der Waals surface area contributed by atoms with Crippen LogP contribution in [0.25, 0.3) is 5.95 Å². The van der Waals surface area contributed by atoms with Crippen LogP contribution in [0.3, 0.4) is 0 Å². The van der Waals surface area contributed by atoms with Gasteiger partial charge in [0.15, 0.2) is 0 Å². The maximum absolute atomic E-state index is 4.45. The average molecular weight is 289 g/mol. The molecule has 0 fully saturated rings. The van der Waals surface area contributed by atoms with Gasteiger partial charge in [0, 0.05) is 25.5 Å². The molecule has 0 radical (unpaired) electrons. The number of nitrogens with one attached hydrogen (secondary N) is 2. The van der Waals surface area contributed by atoms with E-state index >= 15 is 0 Å². The van der Waals surface area contributed by atoms with Gasteiger partial charge in [-0.2, -0.15) is 15.0 Å². The van der Waals surface area contributed by atoms with Crippen molar-refractivity contribution < 1.29 is 0 Å². The monoisotopic (exact) mass is 289 g/mol. The normalized spacial score (nSPS) is 11.4. The molecule has 0 bridgehead atoms. The summed E-state index contributed by atoms with van der Waals surface area (Å²) in [6.45, 7) is 10.2. The molecule has 114 valence electrons. The van der Waals surface area contributed by atoms with Crippen LogP contribution in [0.4, 0.5) is 11.9 Å². The van der Waals surface area contributed by atoms with Gasteiger partial charge in [-0.3, -0.25) is 4.57 Å². The summed E-state index contributed by atoms with van der Waals surface area (Å²) in [6.07, 6.45) is 6.26. The SMILES string of the molecule is CCNc1nc(NCC(C)(C)CC)nc(-n2ccnc2)n1. The van der Waals surface area contributed by atoms with Gasteiger partial charge in [0.25, 0.3) is 0 Å². The average Bonchev–Trinajstić information content (AvgIpc) is 3.00. The standard InChI is InChI=1S/C14H23N7/c1-5-14(3,4)9-17-12-18-11(16-6-2)19-13(20-12)21-8-7-15-10-21/h7-8,10H,5-6,9H2,1-4H3,(H2,16,17,18,19,20). The lowest BCUT2D eigenvalue weighted by Crippen LogP contribution is -2.23. The Morgan fingerprint density at radius 3 is 2.38 bits per heavy atom. The number of anilines is 2. The molecule has 0 saturated heterocycles. The molecule has 2 N–H and O–H groups in total. The predicted molar refractivity (Wildman–Crippen MR) is 83.7 cm³/mol. The Morgan fingerprint density at radius 2 is 1.81 bits per heavy atom. The Morgan fingerprint density at radius 1 is 1.10 bits per heavy atom. The Hall–Kier alpha value is -2.18. The molecule has 0 aliphatic rings. The van der Waals surface area contributed by atoms with E-state index in [-0.39, 0.29) is 5.41 Å². The molecule has 21 heavy (non-hydrogen) atoms. The summed E-state index contributed by atoms with van der Waals surface area (Å²) in [7, 11) is 0. The lowest BCUT2D eigenvalue weighted by molar-refractivity contribution is 0.376. The molecule has 0 aliphatic heterocycles. The summed E-state index contributed by atoms with van der Waals surface area (Å²) in [4.78, 5) is 17.2. The summed E-state index contributed by atoms with van der Waals surface area (Å²) < 4.78 is 1.76. The second kappa shape index (κ2) is 6.51. The van der Waals surface area contributed by atoms with Crippen molar-refractivity contribution in [3.8, 4) is 5.95 Å². The van der Waals surface area contributed by atoms with Gasteiger partial charge < -0.3 is 10.6 Å². The first-order valence-corrected chi connectivity index (χ1v) is 7.26. The van der Waals surface area contributed by atoms with Crippen molar-refractivity contribution >= 4 is 11.9 Å². The van der Waals surface area contributed by atoms with Gasteiger partial charge in [0.05, 0.1) is 0 Å². The van der Waals surface area contributed by atoms with Crippen LogP contribution >= 0.6 is 0 Å². The number of imidazole rings is 1. The molecule has 0 atom stereocenters. The lowest BCUT2D eigenvalue weighted by Gasteiger charge is -2.23. The molecule has 2 aromatic heterocycles. The fraction of sp³-hybridized carbons (Fsp3) is 0.571. The van der Waals surface area contributed by atoms with E-state index in [1.54, 1.807) is 17.1 Å². The molecule has 0 aromatic carbocycles. The van der Waals surface area contributed by atoms with Gasteiger partial charge in [-0.1, -0.05) is 20.8 Å². The van der Waals surface area contributed by atoms with E-state index in [9.17, 15) is 0 Å². The molecule has 2 rings (SSSR count). The van der Waals surface area contributed by atoms with Gasteiger partial charge in [-0.05, 0) is 18.8 Å². The molecule has 0 aliphatic carbocycles. The topological polar surface area (TPSA) is 80.5 Å². The minimum atomic E-state index is 0.195. The zero-order valence-corrected chi connectivity index (χ0v) is 13.1. The number of nitrogens with zero attached hydrogens (tertiary/aromatic N) is 5. The molecule has 0 spiro atoms. The third-order valence-electron chi connectivity index (χ3n) is 3.38. The van der Waals surface area contributed by atoms with E-state index in [4.69, 9.17) is 0 Å². The van der Waals surface area contributed by atoms with Crippen molar-refractivity contribution in [2.24, 2.45) is 5.41 Å². The van der Waals surface area contributed by atoms with Crippen LogP contribution in [0.1, 0.15) is 34.1 Å². The Labute approximate surface area is 125 Å². The Balaban J connectivity index is 2.24. The molecule has 0 amide bonds. The minimum absolute atomic E-state index is 0.195. The van der Waals surface area contributed by atoms with Crippen molar-refractivity contribution in [1.29, 1.82) is 0 Å². The second-order valence-corrected chi connectivity index (χ2v) is 5.65. The zero-order valence-electron chi connectivity index (χ0n) is 13.1.